The number of halogens is 3. The molecule has 1 atom stereocenters. The number of ether oxygens (including phenoxy) is 2. The van der Waals surface area contributed by atoms with E-state index in [1.807, 2.05) is 0 Å². The van der Waals surface area contributed by atoms with Crippen LogP contribution in [-0.2, 0) is 16.0 Å². The Morgan fingerprint density at radius 3 is 2.70 bits per heavy atom. The summed E-state index contributed by atoms with van der Waals surface area (Å²) in [6.07, 6.45) is 3.97. The fraction of sp³-hybridized carbons (Fsp3) is 0.368. The Balaban J connectivity index is 1.82. The van der Waals surface area contributed by atoms with Gasteiger partial charge >= 0.3 is 5.69 Å². The van der Waals surface area contributed by atoms with Gasteiger partial charge in [0.15, 0.2) is 11.9 Å². The second-order valence-corrected chi connectivity index (χ2v) is 7.88. The van der Waals surface area contributed by atoms with Crippen molar-refractivity contribution in [1.29, 1.82) is 5.41 Å². The summed E-state index contributed by atoms with van der Waals surface area (Å²) >= 11 is 18.6. The van der Waals surface area contributed by atoms with Crippen molar-refractivity contribution in [1.82, 2.24) is 19.1 Å². The molecule has 8 nitrogen and oxygen atoms in total. The number of nitrogens with one attached hydrogen (secondary N) is 1. The van der Waals surface area contributed by atoms with Crippen molar-refractivity contribution in [3.8, 4) is 5.69 Å². The molecule has 3 aromatic rings. The van der Waals surface area contributed by atoms with Crippen LogP contribution in [0.2, 0.25) is 15.3 Å². The van der Waals surface area contributed by atoms with Crippen molar-refractivity contribution >= 4 is 45.8 Å². The molecule has 0 aliphatic carbocycles. The zero-order valence-electron chi connectivity index (χ0n) is 15.8. The fourth-order valence-electron chi connectivity index (χ4n) is 3.38. The first-order valence-corrected chi connectivity index (χ1v) is 10.5. The average Bonchev–Trinajstić information content (AvgIpc) is 2.73. The molecule has 0 bridgehead atoms. The van der Waals surface area contributed by atoms with E-state index in [4.69, 9.17) is 49.7 Å². The summed E-state index contributed by atoms with van der Waals surface area (Å²) in [7, 11) is 0. The Labute approximate surface area is 186 Å². The Hall–Kier alpha value is -1.97. The maximum absolute atomic E-state index is 13.4. The zero-order chi connectivity index (χ0) is 21.3. The van der Waals surface area contributed by atoms with Crippen LogP contribution >= 0.6 is 34.8 Å². The second kappa shape index (κ2) is 9.03. The molecule has 1 unspecified atom stereocenters. The summed E-state index contributed by atoms with van der Waals surface area (Å²) < 4.78 is 13.9. The molecule has 3 heterocycles. The molecular formula is C19H18Cl3N5O3. The monoisotopic (exact) mass is 469 g/mol. The Bertz CT molecular complexity index is 1180. The summed E-state index contributed by atoms with van der Waals surface area (Å²) in [5.41, 5.74) is -0.226. The first-order chi connectivity index (χ1) is 14.5. The number of hydrogen-bond donors (Lipinski definition) is 1. The van der Waals surface area contributed by atoms with E-state index in [0.29, 0.717) is 12.0 Å². The molecule has 1 aliphatic rings. The van der Waals surface area contributed by atoms with Gasteiger partial charge < -0.3 is 9.47 Å². The van der Waals surface area contributed by atoms with Crippen molar-refractivity contribution in [3.05, 3.63) is 55.7 Å². The first kappa shape index (κ1) is 21.3. The number of nitrogens with zero attached hydrogens (tertiary/aromatic N) is 4. The first-order valence-electron chi connectivity index (χ1n) is 9.37. The Kier molecular flexibility index (Phi) is 6.40. The molecule has 1 N–H and O–H groups in total. The largest absolute Gasteiger partial charge is 0.353 e. The van der Waals surface area contributed by atoms with Crippen LogP contribution in [0.1, 0.15) is 19.3 Å². The third kappa shape index (κ3) is 4.10. The quantitative estimate of drug-likeness (QED) is 0.575. The summed E-state index contributed by atoms with van der Waals surface area (Å²) in [4.78, 5) is 21.5. The van der Waals surface area contributed by atoms with Crippen LogP contribution in [-0.4, -0.2) is 38.6 Å². The predicted molar refractivity (Wildman–Crippen MR) is 114 cm³/mol. The summed E-state index contributed by atoms with van der Waals surface area (Å²) in [6, 6.07) is 4.87. The maximum atomic E-state index is 13.4. The van der Waals surface area contributed by atoms with E-state index in [0.717, 1.165) is 23.8 Å². The molecule has 0 amide bonds. The summed E-state index contributed by atoms with van der Waals surface area (Å²) in [5.74, 6) is 0. The molecule has 1 aromatic carbocycles. The smallest absolute Gasteiger partial charge is 0.336 e. The third-order valence-electron chi connectivity index (χ3n) is 4.81. The van der Waals surface area contributed by atoms with Gasteiger partial charge in [-0.3, -0.25) is 9.98 Å². The van der Waals surface area contributed by atoms with Crippen molar-refractivity contribution in [2.75, 3.05) is 13.2 Å². The molecule has 1 saturated heterocycles. The van der Waals surface area contributed by atoms with E-state index >= 15 is 0 Å². The van der Waals surface area contributed by atoms with Gasteiger partial charge in [-0.2, -0.15) is 4.98 Å². The number of fused-ring (bicyclic) bond motifs is 1. The molecule has 30 heavy (non-hydrogen) atoms. The molecule has 1 fully saturated rings. The highest BCUT2D eigenvalue weighted by Gasteiger charge is 2.19. The van der Waals surface area contributed by atoms with Gasteiger partial charge in [-0.1, -0.05) is 29.3 Å². The van der Waals surface area contributed by atoms with Crippen molar-refractivity contribution < 1.29 is 9.47 Å². The van der Waals surface area contributed by atoms with E-state index < -0.39 is 5.69 Å². The number of rotatable bonds is 5. The van der Waals surface area contributed by atoms with Crippen LogP contribution in [0, 0.1) is 5.41 Å². The van der Waals surface area contributed by atoms with Gasteiger partial charge in [0.25, 0.3) is 0 Å². The minimum Gasteiger partial charge on any atom is -0.353 e. The van der Waals surface area contributed by atoms with Gasteiger partial charge in [0, 0.05) is 12.8 Å². The lowest BCUT2D eigenvalue weighted by atomic mass is 10.2. The Morgan fingerprint density at radius 1 is 1.23 bits per heavy atom. The van der Waals surface area contributed by atoms with Crippen LogP contribution in [0.5, 0.6) is 0 Å². The fourth-order valence-corrected chi connectivity index (χ4v) is 4.08. The number of benzene rings is 1. The second-order valence-electron chi connectivity index (χ2n) is 6.73. The summed E-state index contributed by atoms with van der Waals surface area (Å²) in [6.45, 7) is 1.05. The van der Waals surface area contributed by atoms with E-state index in [9.17, 15) is 4.79 Å². The molecule has 0 saturated carbocycles. The zero-order valence-corrected chi connectivity index (χ0v) is 18.0. The summed E-state index contributed by atoms with van der Waals surface area (Å²) in [5, 5.41) is 9.35. The van der Waals surface area contributed by atoms with Crippen LogP contribution in [0.4, 0.5) is 0 Å². The van der Waals surface area contributed by atoms with Gasteiger partial charge in [0.2, 0.25) is 5.28 Å². The molecule has 0 spiro atoms. The Morgan fingerprint density at radius 2 is 2.00 bits per heavy atom. The SMILES string of the molecule is N=c1c2cnc(Cl)nc2n(CCOC2CCCCO2)c(=O)n1-c1c(Cl)cccc1Cl. The van der Waals surface area contributed by atoms with Gasteiger partial charge in [-0.05, 0) is 43.0 Å². The average molecular weight is 471 g/mol. The third-order valence-corrected chi connectivity index (χ3v) is 5.61. The standard InChI is InChI=1S/C19H18Cl3N5O3/c20-12-4-3-5-13(21)15(12)27-16(23)11-10-24-18(22)25-17(11)26(19(27)28)7-9-30-14-6-1-2-8-29-14/h3-5,10,14,23H,1-2,6-9H2. The number of hydrogen-bond acceptors (Lipinski definition) is 6. The molecule has 2 aromatic heterocycles. The topological polar surface area (TPSA) is 95.0 Å². The maximum Gasteiger partial charge on any atom is 0.336 e. The normalized spacial score (nSPS) is 16.8. The highest BCUT2D eigenvalue weighted by atomic mass is 35.5. The molecule has 4 rings (SSSR count). The lowest BCUT2D eigenvalue weighted by molar-refractivity contribution is -0.163. The number of aromatic nitrogens is 4. The van der Waals surface area contributed by atoms with Crippen LogP contribution in [0.15, 0.2) is 29.2 Å². The minimum absolute atomic E-state index is 0.0277. The molecule has 158 valence electrons. The van der Waals surface area contributed by atoms with Crippen molar-refractivity contribution in [3.63, 3.8) is 0 Å². The van der Waals surface area contributed by atoms with E-state index in [-0.39, 0.29) is 51.6 Å². The predicted octanol–water partition coefficient (Wildman–Crippen LogP) is 3.57. The van der Waals surface area contributed by atoms with E-state index in [1.165, 1.54) is 10.8 Å². The highest BCUT2D eigenvalue weighted by molar-refractivity contribution is 6.37. The van der Waals surface area contributed by atoms with Gasteiger partial charge in [-0.25, -0.2) is 14.3 Å². The van der Waals surface area contributed by atoms with Gasteiger partial charge in [0.1, 0.15) is 5.49 Å². The lowest BCUT2D eigenvalue weighted by Gasteiger charge is -2.23. The molecule has 0 radical (unpaired) electrons. The lowest BCUT2D eigenvalue weighted by Crippen LogP contribution is -2.40. The highest BCUT2D eigenvalue weighted by Crippen LogP contribution is 2.26. The minimum atomic E-state index is -0.537. The van der Waals surface area contributed by atoms with Gasteiger partial charge in [-0.15, -0.1) is 0 Å². The van der Waals surface area contributed by atoms with Crippen LogP contribution in [0.3, 0.4) is 0 Å². The molecule has 1 aliphatic heterocycles. The van der Waals surface area contributed by atoms with E-state index in [2.05, 4.69) is 9.97 Å². The number of para-hydroxylation sites is 1. The van der Waals surface area contributed by atoms with Crippen molar-refractivity contribution in [2.45, 2.75) is 32.1 Å². The molecule has 11 heteroatoms. The van der Waals surface area contributed by atoms with E-state index in [1.54, 1.807) is 18.2 Å². The van der Waals surface area contributed by atoms with Crippen molar-refractivity contribution in [2.24, 2.45) is 0 Å². The van der Waals surface area contributed by atoms with Gasteiger partial charge in [0.05, 0.1) is 34.3 Å². The molecular weight excluding hydrogens is 453 g/mol. The van der Waals surface area contributed by atoms with Crippen LogP contribution < -0.4 is 11.2 Å². The van der Waals surface area contributed by atoms with Crippen LogP contribution in [0.25, 0.3) is 16.7 Å².